The lowest BCUT2D eigenvalue weighted by molar-refractivity contribution is 0.0606. The monoisotopic (exact) mass is 609 g/mol. The first-order valence-corrected chi connectivity index (χ1v) is 16.1. The van der Waals surface area contributed by atoms with Gasteiger partial charge in [0.05, 0.1) is 11.0 Å². The van der Waals surface area contributed by atoms with Gasteiger partial charge in [0.1, 0.15) is 11.6 Å². The maximum atomic E-state index is 14.6. The summed E-state index contributed by atoms with van der Waals surface area (Å²) < 4.78 is 17.0. The number of hydrogen-bond donors (Lipinski definition) is 2. The number of carbonyl (C=O) groups is 2. The molecular weight excluding hydrogens is 569 g/mol. The van der Waals surface area contributed by atoms with Gasteiger partial charge < -0.3 is 9.47 Å². The van der Waals surface area contributed by atoms with E-state index in [-0.39, 0.29) is 22.7 Å². The fourth-order valence-electron chi connectivity index (χ4n) is 8.47. The Morgan fingerprint density at radius 2 is 1.64 bits per heavy atom. The van der Waals surface area contributed by atoms with Gasteiger partial charge in [-0.25, -0.2) is 14.9 Å². The van der Waals surface area contributed by atoms with Crippen LogP contribution in [0.3, 0.4) is 0 Å². The molecule has 8 nitrogen and oxygen atoms in total. The Morgan fingerprint density at radius 3 is 2.38 bits per heavy atom. The SMILES string of the molecule is Cc1nc2ccccc2n1C1CC2CCC(C1)N2CCC1(c2cccc(F)c2)CCN(C(=O)c2cccc(C(=O)NO)c2)CC1. The molecule has 0 spiro atoms. The molecule has 3 aromatic carbocycles. The molecule has 3 fully saturated rings. The number of likely N-dealkylation sites (tertiary alicyclic amines) is 1. The van der Waals surface area contributed by atoms with Crippen LogP contribution in [0.15, 0.2) is 72.8 Å². The molecule has 2 unspecified atom stereocenters. The summed E-state index contributed by atoms with van der Waals surface area (Å²) in [6, 6.07) is 23.3. The first-order chi connectivity index (χ1) is 21.8. The van der Waals surface area contributed by atoms with Gasteiger partial charge in [-0.05, 0) is 112 Å². The molecule has 45 heavy (non-hydrogen) atoms. The fourth-order valence-corrected chi connectivity index (χ4v) is 8.47. The first-order valence-electron chi connectivity index (χ1n) is 16.1. The smallest absolute Gasteiger partial charge is 0.274 e. The molecule has 9 heteroatoms. The topological polar surface area (TPSA) is 90.7 Å². The summed E-state index contributed by atoms with van der Waals surface area (Å²) in [7, 11) is 0. The van der Waals surface area contributed by atoms with Crippen molar-refractivity contribution in [3.63, 3.8) is 0 Å². The van der Waals surface area contributed by atoms with Crippen LogP contribution < -0.4 is 5.48 Å². The zero-order valence-corrected chi connectivity index (χ0v) is 25.7. The number of imidazole rings is 1. The second kappa shape index (κ2) is 12.0. The number of para-hydroxylation sites is 2. The van der Waals surface area contributed by atoms with Crippen LogP contribution in [0.4, 0.5) is 4.39 Å². The number of nitrogens with one attached hydrogen (secondary N) is 1. The van der Waals surface area contributed by atoms with Crippen LogP contribution in [0, 0.1) is 12.7 Å². The molecule has 4 aromatic rings. The average molecular weight is 610 g/mol. The number of hydroxylamine groups is 1. The quantitative estimate of drug-likeness (QED) is 0.197. The van der Waals surface area contributed by atoms with Gasteiger partial charge in [-0.3, -0.25) is 19.7 Å². The van der Waals surface area contributed by atoms with E-state index in [0.717, 1.165) is 55.6 Å². The van der Waals surface area contributed by atoms with Crippen molar-refractivity contribution in [2.45, 2.75) is 75.4 Å². The summed E-state index contributed by atoms with van der Waals surface area (Å²) in [5, 5.41) is 9.01. The Balaban J connectivity index is 1.07. The van der Waals surface area contributed by atoms with Gasteiger partial charge in [0.15, 0.2) is 0 Å². The molecule has 2 atom stereocenters. The van der Waals surface area contributed by atoms with Gasteiger partial charge in [0.25, 0.3) is 11.8 Å². The van der Waals surface area contributed by atoms with E-state index in [1.54, 1.807) is 35.8 Å². The number of amides is 2. The summed E-state index contributed by atoms with van der Waals surface area (Å²) in [4.78, 5) is 34.8. The van der Waals surface area contributed by atoms with Crippen molar-refractivity contribution in [3.8, 4) is 0 Å². The third-order valence-electron chi connectivity index (χ3n) is 10.8. The largest absolute Gasteiger partial charge is 0.339 e. The molecule has 0 saturated carbocycles. The molecule has 2 bridgehead atoms. The van der Waals surface area contributed by atoms with Crippen LogP contribution in [0.2, 0.25) is 0 Å². The first kappa shape index (κ1) is 29.6. The zero-order valence-electron chi connectivity index (χ0n) is 25.7. The Morgan fingerprint density at radius 1 is 0.933 bits per heavy atom. The highest BCUT2D eigenvalue weighted by Crippen LogP contribution is 2.45. The number of benzene rings is 3. The molecule has 3 saturated heterocycles. The Kier molecular flexibility index (Phi) is 7.91. The van der Waals surface area contributed by atoms with Crippen molar-refractivity contribution in [1.82, 2.24) is 24.8 Å². The number of rotatable bonds is 7. The minimum absolute atomic E-state index is 0.141. The number of piperidine rings is 2. The van der Waals surface area contributed by atoms with Crippen molar-refractivity contribution >= 4 is 22.8 Å². The highest BCUT2D eigenvalue weighted by atomic mass is 19.1. The summed E-state index contributed by atoms with van der Waals surface area (Å²) in [6.45, 7) is 4.17. The van der Waals surface area contributed by atoms with Crippen LogP contribution in [0.1, 0.15) is 83.1 Å². The van der Waals surface area contributed by atoms with Gasteiger partial charge >= 0.3 is 0 Å². The number of fused-ring (bicyclic) bond motifs is 3. The van der Waals surface area contributed by atoms with E-state index in [4.69, 9.17) is 10.2 Å². The lowest BCUT2D eigenvalue weighted by atomic mass is 9.70. The normalized spacial score (nSPS) is 22.9. The predicted octanol–water partition coefficient (Wildman–Crippen LogP) is 6.04. The van der Waals surface area contributed by atoms with Gasteiger partial charge in [-0.1, -0.05) is 30.3 Å². The minimum Gasteiger partial charge on any atom is -0.339 e. The molecule has 7 rings (SSSR count). The summed E-state index contributed by atoms with van der Waals surface area (Å²) >= 11 is 0. The van der Waals surface area contributed by atoms with E-state index >= 15 is 0 Å². The minimum atomic E-state index is -0.653. The number of halogens is 1. The molecule has 4 heterocycles. The average Bonchev–Trinajstić information content (AvgIpc) is 3.53. The molecule has 0 aliphatic carbocycles. The van der Waals surface area contributed by atoms with Gasteiger partial charge in [-0.15, -0.1) is 0 Å². The summed E-state index contributed by atoms with van der Waals surface area (Å²) in [5.74, 6) is 0.0646. The van der Waals surface area contributed by atoms with E-state index in [1.165, 1.54) is 30.5 Å². The molecule has 234 valence electrons. The predicted molar refractivity (Wildman–Crippen MR) is 170 cm³/mol. The van der Waals surface area contributed by atoms with Crippen molar-refractivity contribution in [3.05, 3.63) is 101 Å². The van der Waals surface area contributed by atoms with E-state index in [0.29, 0.717) is 36.8 Å². The standard InChI is InChI=1S/C36H40FN5O3/c1-24-38-32-10-2-3-11-33(32)42(24)31-22-29-12-13-30(23-31)41(29)19-16-36(27-8-5-9-28(37)21-27)14-17-40(18-15-36)35(44)26-7-4-6-25(20-26)34(43)39-45/h2-11,20-21,29-31,45H,12-19,22-23H2,1H3,(H,39,43). The molecule has 3 aliphatic heterocycles. The second-order valence-corrected chi connectivity index (χ2v) is 13.1. The van der Waals surface area contributed by atoms with E-state index in [2.05, 4.69) is 40.7 Å². The van der Waals surface area contributed by atoms with Gasteiger partial charge in [0, 0.05) is 42.3 Å². The second-order valence-electron chi connectivity index (χ2n) is 13.1. The summed E-state index contributed by atoms with van der Waals surface area (Å²) in [5.41, 5.74) is 5.34. The maximum Gasteiger partial charge on any atom is 0.274 e. The number of aromatic nitrogens is 2. The highest BCUT2D eigenvalue weighted by Gasteiger charge is 2.44. The number of hydrogen-bond acceptors (Lipinski definition) is 5. The summed E-state index contributed by atoms with van der Waals surface area (Å²) in [6.07, 6.45) is 7.02. The molecule has 2 N–H and O–H groups in total. The lowest BCUT2D eigenvalue weighted by Crippen LogP contribution is -2.49. The van der Waals surface area contributed by atoms with E-state index < -0.39 is 5.91 Å². The molecular formula is C36H40FN5O3. The Labute approximate surface area is 262 Å². The molecule has 0 radical (unpaired) electrons. The molecule has 1 aromatic heterocycles. The van der Waals surface area contributed by atoms with E-state index in [9.17, 15) is 14.0 Å². The Hall–Kier alpha value is -4.08. The third kappa shape index (κ3) is 5.53. The van der Waals surface area contributed by atoms with Crippen LogP contribution in [0.25, 0.3) is 11.0 Å². The van der Waals surface area contributed by atoms with Gasteiger partial charge in [-0.2, -0.15) is 0 Å². The fraction of sp³-hybridized carbons (Fsp3) is 0.417. The van der Waals surface area contributed by atoms with Crippen LogP contribution in [0.5, 0.6) is 0 Å². The Bertz CT molecular complexity index is 1710. The van der Waals surface area contributed by atoms with Crippen molar-refractivity contribution in [2.75, 3.05) is 19.6 Å². The number of carbonyl (C=O) groups excluding carboxylic acids is 2. The zero-order chi connectivity index (χ0) is 31.1. The number of aryl methyl sites for hydroxylation is 1. The number of nitrogens with zero attached hydrogens (tertiary/aromatic N) is 4. The van der Waals surface area contributed by atoms with Crippen molar-refractivity contribution in [1.29, 1.82) is 0 Å². The molecule has 2 amide bonds. The highest BCUT2D eigenvalue weighted by molar-refractivity contribution is 5.99. The van der Waals surface area contributed by atoms with Crippen LogP contribution in [-0.2, 0) is 5.41 Å². The lowest BCUT2D eigenvalue weighted by Gasteiger charge is -2.45. The van der Waals surface area contributed by atoms with E-state index in [1.807, 2.05) is 11.0 Å². The van der Waals surface area contributed by atoms with Gasteiger partial charge in [0.2, 0.25) is 0 Å². The molecule has 3 aliphatic rings. The van der Waals surface area contributed by atoms with Crippen LogP contribution >= 0.6 is 0 Å². The third-order valence-corrected chi connectivity index (χ3v) is 10.8. The maximum absolute atomic E-state index is 14.6. The van der Waals surface area contributed by atoms with Crippen LogP contribution in [-0.4, -0.2) is 68.1 Å². The van der Waals surface area contributed by atoms with Crippen molar-refractivity contribution < 1.29 is 19.2 Å². The van der Waals surface area contributed by atoms with Crippen molar-refractivity contribution in [2.24, 2.45) is 0 Å².